The van der Waals surface area contributed by atoms with Crippen LogP contribution in [0.2, 0.25) is 0 Å². The Labute approximate surface area is 106 Å². The van der Waals surface area contributed by atoms with E-state index in [-0.39, 0.29) is 12.2 Å². The van der Waals surface area contributed by atoms with Crippen molar-refractivity contribution in [2.24, 2.45) is 0 Å². The molecule has 0 heterocycles. The fraction of sp³-hybridized carbons (Fsp3) is 0.357. The summed E-state index contributed by atoms with van der Waals surface area (Å²) in [4.78, 5) is 11.7. The van der Waals surface area contributed by atoms with E-state index in [1.807, 2.05) is 6.92 Å². The molecule has 0 saturated heterocycles. The van der Waals surface area contributed by atoms with Gasteiger partial charge in [0.15, 0.2) is 0 Å². The third kappa shape index (κ3) is 4.19. The van der Waals surface area contributed by atoms with Crippen LogP contribution in [0.25, 0.3) is 0 Å². The zero-order valence-electron chi connectivity index (χ0n) is 10.3. The molecule has 0 atom stereocenters. The summed E-state index contributed by atoms with van der Waals surface area (Å²) in [5.74, 6) is 4.50. The van der Waals surface area contributed by atoms with Crippen LogP contribution < -0.4 is 5.32 Å². The molecule has 0 bridgehead atoms. The van der Waals surface area contributed by atoms with Crippen LogP contribution in [0.5, 0.6) is 0 Å². The van der Waals surface area contributed by atoms with Crippen LogP contribution >= 0.6 is 0 Å². The van der Waals surface area contributed by atoms with Gasteiger partial charge in [-0.25, -0.2) is 4.39 Å². The number of carbonyl (C=O) groups is 1. The lowest BCUT2D eigenvalue weighted by Gasteiger charge is -2.05. The molecule has 3 nitrogen and oxygen atoms in total. The van der Waals surface area contributed by atoms with Crippen LogP contribution in [0.4, 0.5) is 4.39 Å². The van der Waals surface area contributed by atoms with Crippen molar-refractivity contribution >= 4 is 5.91 Å². The van der Waals surface area contributed by atoms with Crippen LogP contribution in [0.3, 0.4) is 0 Å². The molecule has 0 unspecified atom stereocenters. The second-order valence-electron chi connectivity index (χ2n) is 3.73. The Balaban J connectivity index is 2.88. The number of nitrogens with one attached hydrogen (secondary N) is 1. The van der Waals surface area contributed by atoms with Crippen molar-refractivity contribution in [1.29, 1.82) is 0 Å². The molecule has 4 heteroatoms. The smallest absolute Gasteiger partial charge is 0.254 e. The first kappa shape index (κ1) is 14.2. The summed E-state index contributed by atoms with van der Waals surface area (Å²) in [6.45, 7) is 2.42. The summed E-state index contributed by atoms with van der Waals surface area (Å²) in [7, 11) is 0. The summed E-state index contributed by atoms with van der Waals surface area (Å²) >= 11 is 0. The van der Waals surface area contributed by atoms with Gasteiger partial charge in [-0.1, -0.05) is 18.8 Å². The Kier molecular flexibility index (Phi) is 5.89. The molecule has 1 rings (SSSR count). The first-order valence-electron chi connectivity index (χ1n) is 5.86. The number of hydrogen-bond donors (Lipinski definition) is 2. The molecule has 18 heavy (non-hydrogen) atoms. The van der Waals surface area contributed by atoms with Gasteiger partial charge in [0.25, 0.3) is 5.91 Å². The summed E-state index contributed by atoms with van der Waals surface area (Å²) in [6, 6.07) is 4.16. The maximum atomic E-state index is 13.5. The number of benzene rings is 1. The van der Waals surface area contributed by atoms with Crippen LogP contribution in [0.15, 0.2) is 18.2 Å². The molecular formula is C14H16FNO2. The van der Waals surface area contributed by atoms with E-state index in [1.165, 1.54) is 18.2 Å². The summed E-state index contributed by atoms with van der Waals surface area (Å²) in [5.41, 5.74) is 0.561. The molecule has 0 aliphatic carbocycles. The average molecular weight is 249 g/mol. The zero-order valence-corrected chi connectivity index (χ0v) is 10.3. The summed E-state index contributed by atoms with van der Waals surface area (Å²) in [6.07, 6.45) is 1.15. The van der Waals surface area contributed by atoms with Crippen molar-refractivity contribution in [3.05, 3.63) is 35.1 Å². The van der Waals surface area contributed by atoms with Crippen molar-refractivity contribution in [1.82, 2.24) is 5.32 Å². The summed E-state index contributed by atoms with van der Waals surface area (Å²) < 4.78 is 13.5. The van der Waals surface area contributed by atoms with Crippen LogP contribution in [-0.4, -0.2) is 24.2 Å². The third-order valence-electron chi connectivity index (χ3n) is 2.22. The first-order valence-corrected chi connectivity index (χ1v) is 5.86. The number of halogens is 1. The average Bonchev–Trinajstić information content (AvgIpc) is 2.38. The second-order valence-corrected chi connectivity index (χ2v) is 3.73. The van der Waals surface area contributed by atoms with E-state index in [1.54, 1.807) is 0 Å². The van der Waals surface area contributed by atoms with Crippen molar-refractivity contribution in [3.8, 4) is 11.8 Å². The van der Waals surface area contributed by atoms with Gasteiger partial charge >= 0.3 is 0 Å². The lowest BCUT2D eigenvalue weighted by molar-refractivity contribution is 0.0949. The molecule has 1 amide bonds. The normalized spacial score (nSPS) is 9.50. The van der Waals surface area contributed by atoms with E-state index < -0.39 is 11.7 Å². The number of hydrogen-bond acceptors (Lipinski definition) is 2. The van der Waals surface area contributed by atoms with Crippen LogP contribution in [0.1, 0.15) is 35.7 Å². The van der Waals surface area contributed by atoms with Gasteiger partial charge in [0, 0.05) is 18.5 Å². The number of carbonyl (C=O) groups excluding carboxylic acids is 1. The quantitative estimate of drug-likeness (QED) is 0.798. The highest BCUT2D eigenvalue weighted by atomic mass is 19.1. The van der Waals surface area contributed by atoms with Gasteiger partial charge in [-0.3, -0.25) is 4.79 Å². The van der Waals surface area contributed by atoms with Gasteiger partial charge < -0.3 is 10.4 Å². The molecule has 0 aromatic heterocycles. The van der Waals surface area contributed by atoms with Crippen molar-refractivity contribution < 1.29 is 14.3 Å². The lowest BCUT2D eigenvalue weighted by Crippen LogP contribution is -2.25. The van der Waals surface area contributed by atoms with E-state index in [9.17, 15) is 9.18 Å². The fourth-order valence-corrected chi connectivity index (χ4v) is 1.33. The molecule has 0 saturated carbocycles. The molecule has 0 aliphatic rings. The Morgan fingerprint density at radius 3 is 2.94 bits per heavy atom. The van der Waals surface area contributed by atoms with Gasteiger partial charge in [-0.05, 0) is 24.6 Å². The highest BCUT2D eigenvalue weighted by Gasteiger charge is 2.11. The molecule has 0 spiro atoms. The van der Waals surface area contributed by atoms with Gasteiger partial charge in [0.1, 0.15) is 5.82 Å². The zero-order chi connectivity index (χ0) is 13.4. The van der Waals surface area contributed by atoms with Gasteiger partial charge in [-0.15, -0.1) is 0 Å². The predicted octanol–water partition coefficient (Wildman–Crippen LogP) is 1.70. The van der Waals surface area contributed by atoms with Gasteiger partial charge in [-0.2, -0.15) is 0 Å². The van der Waals surface area contributed by atoms with Crippen LogP contribution in [-0.2, 0) is 0 Å². The fourth-order valence-electron chi connectivity index (χ4n) is 1.33. The summed E-state index contributed by atoms with van der Waals surface area (Å²) in [5, 5.41) is 11.2. The Morgan fingerprint density at radius 2 is 2.28 bits per heavy atom. The molecule has 1 aromatic carbocycles. The number of aliphatic hydroxyl groups is 1. The maximum Gasteiger partial charge on any atom is 0.254 e. The standard InChI is InChI=1S/C14H16FNO2/c1-2-8-16-14(18)12-10-11(5-3-4-9-17)6-7-13(12)15/h6-7,10,17H,2,4,8-9H2,1H3,(H,16,18). The minimum atomic E-state index is -0.559. The highest BCUT2D eigenvalue weighted by Crippen LogP contribution is 2.10. The molecule has 2 N–H and O–H groups in total. The van der Waals surface area contributed by atoms with E-state index in [2.05, 4.69) is 17.2 Å². The van der Waals surface area contributed by atoms with Crippen molar-refractivity contribution in [2.75, 3.05) is 13.2 Å². The van der Waals surface area contributed by atoms with E-state index in [4.69, 9.17) is 5.11 Å². The number of aliphatic hydroxyl groups excluding tert-OH is 1. The molecule has 0 radical (unpaired) electrons. The molecular weight excluding hydrogens is 233 g/mol. The van der Waals surface area contributed by atoms with Crippen LogP contribution in [0, 0.1) is 17.7 Å². The molecule has 96 valence electrons. The minimum absolute atomic E-state index is 0.000696. The Bertz CT molecular complexity index is 474. The highest BCUT2D eigenvalue weighted by molar-refractivity contribution is 5.94. The Morgan fingerprint density at radius 1 is 1.50 bits per heavy atom. The lowest BCUT2D eigenvalue weighted by atomic mass is 10.1. The predicted molar refractivity (Wildman–Crippen MR) is 67.6 cm³/mol. The largest absolute Gasteiger partial charge is 0.395 e. The van der Waals surface area contributed by atoms with E-state index in [0.29, 0.717) is 18.5 Å². The topological polar surface area (TPSA) is 49.3 Å². The minimum Gasteiger partial charge on any atom is -0.395 e. The number of rotatable bonds is 4. The molecule has 1 aromatic rings. The molecule has 0 aliphatic heterocycles. The SMILES string of the molecule is CCCNC(=O)c1cc(C#CCCO)ccc1F. The Hall–Kier alpha value is -1.86. The second kappa shape index (κ2) is 7.46. The van der Waals surface area contributed by atoms with Gasteiger partial charge in [0.2, 0.25) is 0 Å². The van der Waals surface area contributed by atoms with E-state index >= 15 is 0 Å². The van der Waals surface area contributed by atoms with E-state index in [0.717, 1.165) is 6.42 Å². The maximum absolute atomic E-state index is 13.5. The van der Waals surface area contributed by atoms with Crippen molar-refractivity contribution in [3.63, 3.8) is 0 Å². The monoisotopic (exact) mass is 249 g/mol. The first-order chi connectivity index (χ1) is 8.69. The van der Waals surface area contributed by atoms with Gasteiger partial charge in [0.05, 0.1) is 12.2 Å². The van der Waals surface area contributed by atoms with Crippen molar-refractivity contribution in [2.45, 2.75) is 19.8 Å². The third-order valence-corrected chi connectivity index (χ3v) is 2.22. The molecule has 0 fully saturated rings. The number of amides is 1.